The number of hydrogen-bond acceptors (Lipinski definition) is 14. The van der Waals surface area contributed by atoms with Crippen molar-refractivity contribution in [1.29, 1.82) is 0 Å². The minimum atomic E-state index is -0.387. The van der Waals surface area contributed by atoms with Crippen molar-refractivity contribution in [3.8, 4) is 5.75 Å². The molecule has 2 aromatic heterocycles. The molecule has 4 aromatic rings. The molecule has 1 aliphatic heterocycles. The van der Waals surface area contributed by atoms with Crippen LogP contribution in [0.4, 0.5) is 28.8 Å². The number of thiophene rings is 1. The van der Waals surface area contributed by atoms with Crippen molar-refractivity contribution < 1.29 is 23.9 Å². The fourth-order valence-electron chi connectivity index (χ4n) is 7.86. The average Bonchev–Trinajstić information content (AvgIpc) is 3.70. The molecule has 0 bridgehead atoms. The molecule has 5 rings (SSSR count). The van der Waals surface area contributed by atoms with Crippen LogP contribution in [0.1, 0.15) is 85.2 Å². The Hall–Kier alpha value is -4.64. The summed E-state index contributed by atoms with van der Waals surface area (Å²) in [6, 6.07) is 15.6. The molecule has 0 radical (unpaired) electrons. The molecular formula is C47H66ClN9O5S. The lowest BCUT2D eigenvalue weighted by Gasteiger charge is -2.32. The number of hydrogen-bond donors (Lipinski definition) is 3. The summed E-state index contributed by atoms with van der Waals surface area (Å²) in [4.78, 5) is 56.2. The Morgan fingerprint density at radius 2 is 1.84 bits per heavy atom. The first kappa shape index (κ1) is 49.4. The van der Waals surface area contributed by atoms with E-state index < -0.39 is 0 Å². The molecule has 3 heterocycles. The van der Waals surface area contributed by atoms with Crippen LogP contribution in [0.2, 0.25) is 4.34 Å². The number of likely N-dealkylation sites (tertiary alicyclic amines) is 1. The molecule has 1 fully saturated rings. The number of carbonyl (C=O) groups excluding carboxylic acids is 3. The number of amides is 1. The van der Waals surface area contributed by atoms with Crippen molar-refractivity contribution in [2.24, 2.45) is 0 Å². The van der Waals surface area contributed by atoms with E-state index in [9.17, 15) is 14.4 Å². The zero-order valence-electron chi connectivity index (χ0n) is 38.0. The van der Waals surface area contributed by atoms with Crippen molar-refractivity contribution >= 4 is 70.2 Å². The van der Waals surface area contributed by atoms with Gasteiger partial charge < -0.3 is 44.9 Å². The van der Waals surface area contributed by atoms with Crippen LogP contribution in [0, 0.1) is 0 Å². The molecule has 1 saturated heterocycles. The zero-order chi connectivity index (χ0) is 45.3. The third-order valence-electron chi connectivity index (χ3n) is 11.7. The first-order valence-electron chi connectivity index (χ1n) is 22.0. The van der Waals surface area contributed by atoms with Crippen LogP contribution in [0.25, 0.3) is 0 Å². The van der Waals surface area contributed by atoms with Gasteiger partial charge >= 0.3 is 0 Å². The minimum Gasteiger partial charge on any atom is -0.495 e. The number of ether oxygens (including phenoxy) is 2. The Bertz CT molecular complexity index is 2080. The summed E-state index contributed by atoms with van der Waals surface area (Å²) in [6.07, 6.45) is 8.41. The lowest BCUT2D eigenvalue weighted by atomic mass is 9.89. The fourth-order valence-corrected chi connectivity index (χ4v) is 8.95. The predicted octanol–water partition coefficient (Wildman–Crippen LogP) is 7.85. The van der Waals surface area contributed by atoms with E-state index in [4.69, 9.17) is 26.1 Å². The molecule has 0 saturated carbocycles. The standard InChI is InChI=1S/C47H66ClN9O5S/c1-8-11-33(3)55(6)30-39-36(31-58)12-10-13-40(39)51-45(60)28-49-20-24-62-25-23-56-21-18-34(19-22-56)35-14-16-41(43(26-35)61-7)52-47-50-27-42(54(4)5)46(53-47)57(37(9-2)32-59)29-38-15-17-44(48)63-38/h10,12-17,26-27,31-34,37,49H,8-9,11,18-25,28-30H2,1-7H3,(H,51,60)(H,50,52,53). The monoisotopic (exact) mass is 903 g/mol. The van der Waals surface area contributed by atoms with Crippen LogP contribution in [0.15, 0.2) is 54.7 Å². The Morgan fingerprint density at radius 1 is 1.05 bits per heavy atom. The van der Waals surface area contributed by atoms with Gasteiger partial charge in [0.15, 0.2) is 5.82 Å². The number of carbonyl (C=O) groups is 3. The number of anilines is 5. The molecule has 1 aliphatic rings. The highest BCUT2D eigenvalue weighted by Gasteiger charge is 2.26. The highest BCUT2D eigenvalue weighted by Crippen LogP contribution is 2.37. The van der Waals surface area contributed by atoms with Crippen LogP contribution in [0.3, 0.4) is 0 Å². The number of benzene rings is 2. The van der Waals surface area contributed by atoms with Gasteiger partial charge in [-0.2, -0.15) is 4.98 Å². The van der Waals surface area contributed by atoms with E-state index in [1.165, 1.54) is 16.9 Å². The van der Waals surface area contributed by atoms with E-state index in [0.29, 0.717) is 84.3 Å². The highest BCUT2D eigenvalue weighted by atomic mass is 35.5. The number of nitrogens with zero attached hydrogens (tertiary/aromatic N) is 6. The molecule has 2 atom stereocenters. The number of methoxy groups -OCH3 is 1. The van der Waals surface area contributed by atoms with Crippen molar-refractivity contribution in [3.63, 3.8) is 0 Å². The third kappa shape index (κ3) is 14.2. The Balaban J connectivity index is 1.07. The first-order chi connectivity index (χ1) is 30.5. The van der Waals surface area contributed by atoms with E-state index in [-0.39, 0.29) is 18.5 Å². The number of aromatic nitrogens is 2. The maximum atomic E-state index is 12.8. The summed E-state index contributed by atoms with van der Waals surface area (Å²) in [7, 11) is 7.59. The van der Waals surface area contributed by atoms with E-state index in [1.807, 2.05) is 62.1 Å². The second-order valence-corrected chi connectivity index (χ2v) is 18.1. The summed E-state index contributed by atoms with van der Waals surface area (Å²) >= 11 is 7.75. The normalized spacial score (nSPS) is 14.3. The summed E-state index contributed by atoms with van der Waals surface area (Å²) in [6.45, 7) is 12.0. The number of rotatable bonds is 26. The van der Waals surface area contributed by atoms with Gasteiger partial charge in [0.25, 0.3) is 0 Å². The summed E-state index contributed by atoms with van der Waals surface area (Å²) in [5.74, 6) is 2.00. The van der Waals surface area contributed by atoms with Crippen molar-refractivity contribution in [1.82, 2.24) is 25.1 Å². The van der Waals surface area contributed by atoms with Gasteiger partial charge in [0.05, 0.1) is 61.4 Å². The molecule has 3 N–H and O–H groups in total. The topological polar surface area (TPSA) is 144 Å². The first-order valence-corrected chi connectivity index (χ1v) is 23.2. The molecule has 0 aliphatic carbocycles. The second kappa shape index (κ2) is 25.0. The highest BCUT2D eigenvalue weighted by molar-refractivity contribution is 7.16. The molecule has 2 unspecified atom stereocenters. The number of halogens is 1. The minimum absolute atomic E-state index is 0.150. The quantitative estimate of drug-likeness (QED) is 0.0416. The molecule has 63 heavy (non-hydrogen) atoms. The molecule has 14 nitrogen and oxygen atoms in total. The van der Waals surface area contributed by atoms with E-state index in [1.54, 1.807) is 25.4 Å². The second-order valence-electron chi connectivity index (χ2n) is 16.3. The SMILES string of the molecule is CCCC(C)N(C)Cc1c(C=O)cccc1NC(=O)CNCCOCCN1CCC(c2ccc(Nc3ncc(N(C)C)c(N(Cc4ccc(Cl)s4)C(C=O)CC)n3)c(OC)c2)CC1. The van der Waals surface area contributed by atoms with E-state index >= 15 is 0 Å². The lowest BCUT2D eigenvalue weighted by Crippen LogP contribution is -2.37. The number of piperidine rings is 1. The smallest absolute Gasteiger partial charge is 0.238 e. The van der Waals surface area contributed by atoms with Crippen molar-refractivity contribution in [2.45, 2.75) is 84.0 Å². The number of nitrogens with one attached hydrogen (secondary N) is 3. The number of aldehydes is 2. The molecule has 1 amide bonds. The van der Waals surface area contributed by atoms with Crippen LogP contribution in [-0.4, -0.2) is 125 Å². The van der Waals surface area contributed by atoms with Gasteiger partial charge in [0.1, 0.15) is 18.3 Å². The fraction of sp³-hybridized carbons (Fsp3) is 0.511. The summed E-state index contributed by atoms with van der Waals surface area (Å²) in [5, 5.41) is 9.56. The van der Waals surface area contributed by atoms with Gasteiger partial charge in [-0.15, -0.1) is 11.3 Å². The molecule has 0 spiro atoms. The lowest BCUT2D eigenvalue weighted by molar-refractivity contribution is -0.115. The van der Waals surface area contributed by atoms with Gasteiger partial charge in [-0.3, -0.25) is 14.5 Å². The van der Waals surface area contributed by atoms with E-state index in [0.717, 1.165) is 79.7 Å². The van der Waals surface area contributed by atoms with Gasteiger partial charge in [-0.25, -0.2) is 4.98 Å². The van der Waals surface area contributed by atoms with Gasteiger partial charge in [-0.1, -0.05) is 50.1 Å². The Labute approximate surface area is 382 Å². The summed E-state index contributed by atoms with van der Waals surface area (Å²) in [5.41, 5.74) is 4.87. The molecule has 16 heteroatoms. The molecular weight excluding hydrogens is 838 g/mol. The van der Waals surface area contributed by atoms with Crippen LogP contribution < -0.4 is 30.5 Å². The van der Waals surface area contributed by atoms with Crippen molar-refractivity contribution in [3.05, 3.63) is 80.6 Å². The van der Waals surface area contributed by atoms with E-state index in [2.05, 4.69) is 56.7 Å². The Morgan fingerprint density at radius 3 is 2.51 bits per heavy atom. The molecule has 2 aromatic carbocycles. The van der Waals surface area contributed by atoms with Crippen molar-refractivity contribution in [2.75, 3.05) is 94.6 Å². The predicted molar refractivity (Wildman–Crippen MR) is 257 cm³/mol. The van der Waals surface area contributed by atoms with Gasteiger partial charge in [0.2, 0.25) is 11.9 Å². The maximum Gasteiger partial charge on any atom is 0.238 e. The largest absolute Gasteiger partial charge is 0.495 e. The van der Waals surface area contributed by atoms with Crippen LogP contribution in [-0.2, 0) is 27.4 Å². The average molecular weight is 905 g/mol. The van der Waals surface area contributed by atoms with Gasteiger partial charge in [0, 0.05) is 61.5 Å². The molecule has 342 valence electrons. The summed E-state index contributed by atoms with van der Waals surface area (Å²) < 4.78 is 12.5. The maximum absolute atomic E-state index is 12.8. The third-order valence-corrected chi connectivity index (χ3v) is 12.9. The Kier molecular flexibility index (Phi) is 19.6. The zero-order valence-corrected chi connectivity index (χ0v) is 39.6. The van der Waals surface area contributed by atoms with Crippen LogP contribution in [0.5, 0.6) is 5.75 Å². The van der Waals surface area contributed by atoms with Crippen LogP contribution >= 0.6 is 22.9 Å². The van der Waals surface area contributed by atoms with Gasteiger partial charge in [-0.05, 0) is 94.6 Å².